The van der Waals surface area contributed by atoms with Gasteiger partial charge in [0.25, 0.3) is 0 Å². The van der Waals surface area contributed by atoms with Crippen LogP contribution in [0.2, 0.25) is 0 Å². The lowest BCUT2D eigenvalue weighted by atomic mass is 10.2. The summed E-state index contributed by atoms with van der Waals surface area (Å²) < 4.78 is 0. The highest BCUT2D eigenvalue weighted by molar-refractivity contribution is 7.99. The molecule has 0 fully saturated rings. The normalized spacial score (nSPS) is 13.7. The van der Waals surface area contributed by atoms with E-state index in [1.54, 1.807) is 0 Å². The molecule has 1 N–H and O–H groups in total. The molecular formula is C7H16OS. The topological polar surface area (TPSA) is 20.2 Å². The Hall–Kier alpha value is 0.310. The molecule has 9 heavy (non-hydrogen) atoms. The molecule has 2 heteroatoms. The van der Waals surface area contributed by atoms with Crippen molar-refractivity contribution >= 4 is 11.8 Å². The van der Waals surface area contributed by atoms with Crippen molar-refractivity contribution < 1.29 is 5.11 Å². The molecule has 0 radical (unpaired) electrons. The van der Waals surface area contributed by atoms with Crippen LogP contribution in [0, 0.1) is 0 Å². The third kappa shape index (κ3) is 6.19. The molecule has 0 aliphatic carbocycles. The van der Waals surface area contributed by atoms with Crippen LogP contribution in [0.1, 0.15) is 32.6 Å². The van der Waals surface area contributed by atoms with Crippen molar-refractivity contribution in [3.63, 3.8) is 0 Å². The van der Waals surface area contributed by atoms with Gasteiger partial charge in [-0.3, -0.25) is 0 Å². The molecule has 0 aromatic heterocycles. The molecule has 56 valence electrons. The molecule has 0 spiro atoms. The van der Waals surface area contributed by atoms with Gasteiger partial charge in [0.1, 0.15) is 0 Å². The summed E-state index contributed by atoms with van der Waals surface area (Å²) >= 11 is 1.53. The summed E-state index contributed by atoms with van der Waals surface area (Å²) in [6.07, 6.45) is 6.54. The van der Waals surface area contributed by atoms with Gasteiger partial charge in [0, 0.05) is 0 Å². The second-order valence-electron chi connectivity index (χ2n) is 2.19. The Balaban J connectivity index is 2.88. The zero-order chi connectivity index (χ0) is 7.11. The van der Waals surface area contributed by atoms with Gasteiger partial charge in [-0.05, 0) is 12.7 Å². The molecule has 0 aliphatic heterocycles. The van der Waals surface area contributed by atoms with E-state index in [0.29, 0.717) is 0 Å². The van der Waals surface area contributed by atoms with Gasteiger partial charge >= 0.3 is 0 Å². The summed E-state index contributed by atoms with van der Waals surface area (Å²) in [7, 11) is 0. The lowest BCUT2D eigenvalue weighted by Crippen LogP contribution is -1.98. The first kappa shape index (κ1) is 9.31. The molecule has 1 nitrogen and oxygen atoms in total. The molecule has 0 rings (SSSR count). The maximum Gasteiger partial charge on any atom is 0.0990 e. The van der Waals surface area contributed by atoms with Crippen molar-refractivity contribution in [2.24, 2.45) is 0 Å². The largest absolute Gasteiger partial charge is 0.382 e. The third-order valence-electron chi connectivity index (χ3n) is 1.33. The SMILES string of the molecule is CCCCCC(O)SC. The van der Waals surface area contributed by atoms with Crippen molar-refractivity contribution in [2.75, 3.05) is 6.26 Å². The minimum absolute atomic E-state index is 0.128. The van der Waals surface area contributed by atoms with Crippen LogP contribution in [0.5, 0.6) is 0 Å². The minimum Gasteiger partial charge on any atom is -0.382 e. The molecule has 0 saturated carbocycles. The monoisotopic (exact) mass is 148 g/mol. The fourth-order valence-corrected chi connectivity index (χ4v) is 1.09. The Morgan fingerprint density at radius 1 is 1.44 bits per heavy atom. The van der Waals surface area contributed by atoms with Crippen molar-refractivity contribution in [3.8, 4) is 0 Å². The van der Waals surface area contributed by atoms with Crippen LogP contribution in [0.3, 0.4) is 0 Å². The Morgan fingerprint density at radius 2 is 2.11 bits per heavy atom. The third-order valence-corrected chi connectivity index (χ3v) is 2.11. The van der Waals surface area contributed by atoms with E-state index in [-0.39, 0.29) is 5.44 Å². The summed E-state index contributed by atoms with van der Waals surface area (Å²) in [5.74, 6) is 0. The van der Waals surface area contributed by atoms with E-state index in [1.807, 2.05) is 6.26 Å². The molecule has 0 saturated heterocycles. The van der Waals surface area contributed by atoms with E-state index in [9.17, 15) is 0 Å². The molecule has 1 unspecified atom stereocenters. The summed E-state index contributed by atoms with van der Waals surface area (Å²) in [5.41, 5.74) is -0.128. The van der Waals surface area contributed by atoms with Crippen molar-refractivity contribution in [1.29, 1.82) is 0 Å². The van der Waals surface area contributed by atoms with Crippen molar-refractivity contribution in [1.82, 2.24) is 0 Å². The second kappa shape index (κ2) is 6.43. The van der Waals surface area contributed by atoms with Gasteiger partial charge < -0.3 is 5.11 Å². The van der Waals surface area contributed by atoms with E-state index in [2.05, 4.69) is 6.92 Å². The van der Waals surface area contributed by atoms with Crippen LogP contribution in [-0.4, -0.2) is 16.8 Å². The number of thioether (sulfide) groups is 1. The molecule has 0 aromatic carbocycles. The lowest BCUT2D eigenvalue weighted by molar-refractivity contribution is 0.248. The van der Waals surface area contributed by atoms with Crippen molar-refractivity contribution in [2.45, 2.75) is 38.0 Å². The fourth-order valence-electron chi connectivity index (χ4n) is 0.687. The van der Waals surface area contributed by atoms with E-state index in [0.717, 1.165) is 6.42 Å². The molecule has 1 atom stereocenters. The number of hydrogen-bond donors (Lipinski definition) is 1. The highest BCUT2D eigenvalue weighted by atomic mass is 32.2. The predicted molar refractivity (Wildman–Crippen MR) is 43.7 cm³/mol. The number of aliphatic hydroxyl groups excluding tert-OH is 1. The van der Waals surface area contributed by atoms with Gasteiger partial charge in [0.05, 0.1) is 5.44 Å². The maximum absolute atomic E-state index is 9.05. The second-order valence-corrected chi connectivity index (χ2v) is 3.20. The summed E-state index contributed by atoms with van der Waals surface area (Å²) in [4.78, 5) is 0. The standard InChI is InChI=1S/C7H16OS/c1-3-4-5-6-7(8)9-2/h7-8H,3-6H2,1-2H3. The zero-order valence-corrected chi connectivity index (χ0v) is 7.08. The number of hydrogen-bond acceptors (Lipinski definition) is 2. The molecule has 0 heterocycles. The zero-order valence-electron chi connectivity index (χ0n) is 6.26. The van der Waals surface area contributed by atoms with Crippen molar-refractivity contribution in [3.05, 3.63) is 0 Å². The summed E-state index contributed by atoms with van der Waals surface area (Å²) in [6, 6.07) is 0. The molecule has 0 aliphatic rings. The minimum atomic E-state index is -0.128. The first-order valence-electron chi connectivity index (χ1n) is 3.52. The summed E-state index contributed by atoms with van der Waals surface area (Å²) in [6.45, 7) is 2.17. The Kier molecular flexibility index (Phi) is 6.65. The Morgan fingerprint density at radius 3 is 2.56 bits per heavy atom. The quantitative estimate of drug-likeness (QED) is 0.476. The first-order chi connectivity index (χ1) is 4.31. The van der Waals surface area contributed by atoms with Crippen LogP contribution in [0.4, 0.5) is 0 Å². The Bertz CT molecular complexity index is 56.9. The van der Waals surface area contributed by atoms with Crippen LogP contribution in [0.25, 0.3) is 0 Å². The average Bonchev–Trinajstić information content (AvgIpc) is 1.89. The van der Waals surface area contributed by atoms with Gasteiger partial charge in [0.15, 0.2) is 0 Å². The molecular weight excluding hydrogens is 132 g/mol. The highest BCUT2D eigenvalue weighted by Crippen LogP contribution is 2.11. The van der Waals surface area contributed by atoms with Crippen LogP contribution in [-0.2, 0) is 0 Å². The van der Waals surface area contributed by atoms with E-state index in [1.165, 1.54) is 31.0 Å². The lowest BCUT2D eigenvalue weighted by Gasteiger charge is -2.04. The van der Waals surface area contributed by atoms with E-state index < -0.39 is 0 Å². The first-order valence-corrected chi connectivity index (χ1v) is 4.81. The number of rotatable bonds is 5. The van der Waals surface area contributed by atoms with Gasteiger partial charge in [0.2, 0.25) is 0 Å². The number of aliphatic hydroxyl groups is 1. The predicted octanol–water partition coefficient (Wildman–Crippen LogP) is 2.25. The van der Waals surface area contributed by atoms with Gasteiger partial charge in [-0.1, -0.05) is 26.2 Å². The molecule has 0 aromatic rings. The highest BCUT2D eigenvalue weighted by Gasteiger charge is 1.98. The van der Waals surface area contributed by atoms with Gasteiger partial charge in [-0.2, -0.15) is 0 Å². The van der Waals surface area contributed by atoms with Gasteiger partial charge in [-0.15, -0.1) is 11.8 Å². The van der Waals surface area contributed by atoms with E-state index in [4.69, 9.17) is 5.11 Å². The fraction of sp³-hybridized carbons (Fsp3) is 1.00. The average molecular weight is 148 g/mol. The maximum atomic E-state index is 9.05. The van der Waals surface area contributed by atoms with Crippen LogP contribution in [0.15, 0.2) is 0 Å². The summed E-state index contributed by atoms with van der Waals surface area (Å²) in [5, 5.41) is 9.05. The Labute approximate surface area is 61.8 Å². The van der Waals surface area contributed by atoms with E-state index >= 15 is 0 Å². The smallest absolute Gasteiger partial charge is 0.0990 e. The van der Waals surface area contributed by atoms with Gasteiger partial charge in [-0.25, -0.2) is 0 Å². The molecule has 0 amide bonds. The number of unbranched alkanes of at least 4 members (excludes halogenated alkanes) is 2. The van der Waals surface area contributed by atoms with Crippen LogP contribution < -0.4 is 0 Å². The molecule has 0 bridgehead atoms. The van der Waals surface area contributed by atoms with Crippen LogP contribution >= 0.6 is 11.8 Å².